The summed E-state index contributed by atoms with van der Waals surface area (Å²) in [5, 5.41) is 0. The van der Waals surface area contributed by atoms with Crippen molar-refractivity contribution in [3.05, 3.63) is 29.3 Å². The lowest BCUT2D eigenvalue weighted by atomic mass is 10.1. The lowest BCUT2D eigenvalue weighted by Gasteiger charge is -2.17. The van der Waals surface area contributed by atoms with E-state index in [0.717, 1.165) is 24.5 Å². The molecule has 1 rings (SSSR count). The van der Waals surface area contributed by atoms with E-state index in [-0.39, 0.29) is 0 Å². The average molecular weight is 252 g/mol. The Bertz CT molecular complexity index is 335. The van der Waals surface area contributed by atoms with Crippen LogP contribution in [-0.2, 0) is 5.75 Å². The summed E-state index contributed by atoms with van der Waals surface area (Å²) in [6, 6.07) is 6.19. The monoisotopic (exact) mass is 252 g/mol. The van der Waals surface area contributed by atoms with Crippen LogP contribution in [-0.4, -0.2) is 30.3 Å². The molecule has 3 heteroatoms. The van der Waals surface area contributed by atoms with E-state index in [4.69, 9.17) is 5.73 Å². The molecule has 0 bridgehead atoms. The first-order valence-corrected chi connectivity index (χ1v) is 7.48. The van der Waals surface area contributed by atoms with Crippen LogP contribution in [0.15, 0.2) is 18.2 Å². The van der Waals surface area contributed by atoms with E-state index in [9.17, 15) is 0 Å². The highest BCUT2D eigenvalue weighted by molar-refractivity contribution is 7.98. The molecule has 0 aliphatic heterocycles. The molecule has 0 atom stereocenters. The topological polar surface area (TPSA) is 29.3 Å². The van der Waals surface area contributed by atoms with Crippen molar-refractivity contribution in [1.82, 2.24) is 4.90 Å². The lowest BCUT2D eigenvalue weighted by molar-refractivity contribution is 0.324. The minimum atomic E-state index is 0.909. The van der Waals surface area contributed by atoms with Crippen molar-refractivity contribution in [2.45, 2.75) is 26.5 Å². The van der Waals surface area contributed by atoms with Crippen molar-refractivity contribution in [1.29, 1.82) is 0 Å². The maximum Gasteiger partial charge on any atom is 0.0346 e. The van der Waals surface area contributed by atoms with Crippen LogP contribution in [0.4, 0.5) is 5.69 Å². The Morgan fingerprint density at radius 3 is 2.59 bits per heavy atom. The van der Waals surface area contributed by atoms with Crippen LogP contribution in [0.5, 0.6) is 0 Å². The third-order valence-electron chi connectivity index (χ3n) is 3.19. The van der Waals surface area contributed by atoms with Crippen LogP contribution in [0, 0.1) is 6.92 Å². The lowest BCUT2D eigenvalue weighted by Crippen LogP contribution is -2.25. The Kier molecular flexibility index (Phi) is 6.45. The van der Waals surface area contributed by atoms with Gasteiger partial charge in [0.2, 0.25) is 0 Å². The molecule has 0 aliphatic carbocycles. The van der Waals surface area contributed by atoms with Crippen molar-refractivity contribution in [3.8, 4) is 0 Å². The van der Waals surface area contributed by atoms with E-state index in [1.807, 2.05) is 23.9 Å². The highest BCUT2D eigenvalue weighted by Gasteiger charge is 2.02. The summed E-state index contributed by atoms with van der Waals surface area (Å²) in [5.74, 6) is 2.26. The smallest absolute Gasteiger partial charge is 0.0346 e. The number of nitrogens with two attached hydrogens (primary N) is 1. The molecule has 1 aromatic rings. The zero-order valence-electron chi connectivity index (χ0n) is 11.2. The van der Waals surface area contributed by atoms with Gasteiger partial charge in [-0.15, -0.1) is 0 Å². The first kappa shape index (κ1) is 14.4. The number of nitrogen functional groups attached to an aromatic ring is 1. The molecule has 0 amide bonds. The highest BCUT2D eigenvalue weighted by Crippen LogP contribution is 2.20. The van der Waals surface area contributed by atoms with Gasteiger partial charge < -0.3 is 10.6 Å². The molecule has 0 fully saturated rings. The van der Waals surface area contributed by atoms with Gasteiger partial charge >= 0.3 is 0 Å². The molecule has 0 aliphatic rings. The van der Waals surface area contributed by atoms with Crippen molar-refractivity contribution in [2.24, 2.45) is 0 Å². The molecule has 1 aromatic carbocycles. The Morgan fingerprint density at radius 1 is 1.24 bits per heavy atom. The number of benzene rings is 1. The third kappa shape index (κ3) is 4.60. The van der Waals surface area contributed by atoms with Gasteiger partial charge in [-0.25, -0.2) is 0 Å². The highest BCUT2D eigenvalue weighted by atomic mass is 32.2. The Morgan fingerprint density at radius 2 is 1.94 bits per heavy atom. The van der Waals surface area contributed by atoms with E-state index in [2.05, 4.69) is 31.7 Å². The first-order valence-electron chi connectivity index (χ1n) is 6.33. The van der Waals surface area contributed by atoms with Crippen molar-refractivity contribution < 1.29 is 0 Å². The van der Waals surface area contributed by atoms with Crippen LogP contribution < -0.4 is 5.73 Å². The Balaban J connectivity index is 2.33. The molecular weight excluding hydrogens is 228 g/mol. The van der Waals surface area contributed by atoms with Gasteiger partial charge in [-0.1, -0.05) is 26.0 Å². The van der Waals surface area contributed by atoms with Gasteiger partial charge in [-0.3, -0.25) is 0 Å². The average Bonchev–Trinajstić information content (AvgIpc) is 2.34. The fourth-order valence-corrected chi connectivity index (χ4v) is 2.84. The summed E-state index contributed by atoms with van der Waals surface area (Å²) in [6.45, 7) is 10.0. The summed E-state index contributed by atoms with van der Waals surface area (Å²) in [4.78, 5) is 2.46. The van der Waals surface area contributed by atoms with Crippen LogP contribution in [0.25, 0.3) is 0 Å². The standard InChI is InChI=1S/C14H24N2S/c1-4-16(5-2)9-10-17-11-13-7-6-8-14(15)12(13)3/h6-8H,4-5,9-11,15H2,1-3H3. The molecule has 0 unspecified atom stereocenters. The SMILES string of the molecule is CCN(CC)CCSCc1cccc(N)c1C. The summed E-state index contributed by atoms with van der Waals surface area (Å²) in [6.07, 6.45) is 0. The van der Waals surface area contributed by atoms with E-state index in [1.54, 1.807) is 0 Å². The molecule has 2 nitrogen and oxygen atoms in total. The van der Waals surface area contributed by atoms with Gasteiger partial charge in [0, 0.05) is 23.7 Å². The molecule has 17 heavy (non-hydrogen) atoms. The van der Waals surface area contributed by atoms with E-state index in [1.165, 1.54) is 23.4 Å². The third-order valence-corrected chi connectivity index (χ3v) is 4.18. The predicted molar refractivity (Wildman–Crippen MR) is 79.5 cm³/mol. The number of anilines is 1. The Labute approximate surface area is 110 Å². The molecule has 0 heterocycles. The van der Waals surface area contributed by atoms with E-state index >= 15 is 0 Å². The van der Waals surface area contributed by atoms with Gasteiger partial charge in [0.15, 0.2) is 0 Å². The zero-order chi connectivity index (χ0) is 12.7. The van der Waals surface area contributed by atoms with Crippen LogP contribution in [0.2, 0.25) is 0 Å². The minimum Gasteiger partial charge on any atom is -0.399 e. The number of nitrogens with zero attached hydrogens (tertiary/aromatic N) is 1. The van der Waals surface area contributed by atoms with Gasteiger partial charge in [0.25, 0.3) is 0 Å². The molecular formula is C14H24N2S. The fourth-order valence-electron chi connectivity index (χ4n) is 1.78. The van der Waals surface area contributed by atoms with Crippen molar-refractivity contribution in [3.63, 3.8) is 0 Å². The fraction of sp³-hybridized carbons (Fsp3) is 0.571. The minimum absolute atomic E-state index is 0.909. The molecule has 0 saturated heterocycles. The van der Waals surface area contributed by atoms with Gasteiger partial charge in [0.1, 0.15) is 0 Å². The van der Waals surface area contributed by atoms with Crippen LogP contribution >= 0.6 is 11.8 Å². The number of hydrogen-bond donors (Lipinski definition) is 1. The van der Waals surface area contributed by atoms with Gasteiger partial charge in [0.05, 0.1) is 0 Å². The van der Waals surface area contributed by atoms with E-state index < -0.39 is 0 Å². The van der Waals surface area contributed by atoms with Crippen LogP contribution in [0.3, 0.4) is 0 Å². The zero-order valence-corrected chi connectivity index (χ0v) is 12.0. The van der Waals surface area contributed by atoms with Crippen molar-refractivity contribution >= 4 is 17.4 Å². The van der Waals surface area contributed by atoms with Crippen LogP contribution in [0.1, 0.15) is 25.0 Å². The normalized spacial score (nSPS) is 11.1. The van der Waals surface area contributed by atoms with Gasteiger partial charge in [-0.05, 0) is 37.2 Å². The number of thioether (sulfide) groups is 1. The maximum atomic E-state index is 5.90. The second-order valence-electron chi connectivity index (χ2n) is 4.21. The molecule has 96 valence electrons. The summed E-state index contributed by atoms with van der Waals surface area (Å²) < 4.78 is 0. The Hall–Kier alpha value is -0.670. The predicted octanol–water partition coefficient (Wildman–Crippen LogP) is 3.15. The molecule has 0 saturated carbocycles. The largest absolute Gasteiger partial charge is 0.399 e. The first-order chi connectivity index (χ1) is 8.19. The second-order valence-corrected chi connectivity index (χ2v) is 5.32. The van der Waals surface area contributed by atoms with Crippen molar-refractivity contribution in [2.75, 3.05) is 31.1 Å². The number of rotatable bonds is 7. The molecule has 0 aromatic heterocycles. The maximum absolute atomic E-state index is 5.90. The van der Waals surface area contributed by atoms with E-state index in [0.29, 0.717) is 0 Å². The van der Waals surface area contributed by atoms with Gasteiger partial charge in [-0.2, -0.15) is 11.8 Å². The summed E-state index contributed by atoms with van der Waals surface area (Å²) in [7, 11) is 0. The summed E-state index contributed by atoms with van der Waals surface area (Å²) in [5.41, 5.74) is 9.42. The number of hydrogen-bond acceptors (Lipinski definition) is 3. The molecule has 0 spiro atoms. The molecule has 2 N–H and O–H groups in total. The quantitative estimate of drug-likeness (QED) is 0.597. The molecule has 0 radical (unpaired) electrons. The second kappa shape index (κ2) is 7.62. The summed E-state index contributed by atoms with van der Waals surface area (Å²) >= 11 is 1.99.